The number of benzene rings is 1. The monoisotopic (exact) mass is 291 g/mol. The van der Waals surface area contributed by atoms with E-state index in [2.05, 4.69) is 0 Å². The molecule has 116 valence electrons. The fourth-order valence-electron chi connectivity index (χ4n) is 2.78. The number of hydrogen-bond acceptors (Lipinski definition) is 4. The predicted octanol–water partition coefficient (Wildman–Crippen LogP) is 1.75. The molecule has 0 aromatic heterocycles. The van der Waals surface area contributed by atoms with Gasteiger partial charge in [-0.15, -0.1) is 0 Å². The van der Waals surface area contributed by atoms with Gasteiger partial charge in [0.2, 0.25) is 0 Å². The fraction of sp³-hybridized carbons (Fsp3) is 0.529. The van der Waals surface area contributed by atoms with Crippen LogP contribution in [0.1, 0.15) is 49.3 Å². The van der Waals surface area contributed by atoms with E-state index in [1.165, 1.54) is 6.42 Å². The SMILES string of the molecule is NC[C@@H](O)[C@H](O)c1cccc(C=CC2(O)CCCCC2)c1. The molecule has 1 aromatic carbocycles. The van der Waals surface area contributed by atoms with Crippen molar-refractivity contribution in [1.29, 1.82) is 0 Å². The summed E-state index contributed by atoms with van der Waals surface area (Å²) in [6.07, 6.45) is 6.70. The van der Waals surface area contributed by atoms with E-state index >= 15 is 0 Å². The molecule has 1 aliphatic carbocycles. The second kappa shape index (κ2) is 7.18. The van der Waals surface area contributed by atoms with Crippen LogP contribution in [0.25, 0.3) is 6.08 Å². The molecule has 4 heteroatoms. The first-order valence-corrected chi connectivity index (χ1v) is 7.62. The molecule has 0 bridgehead atoms. The van der Waals surface area contributed by atoms with Crippen molar-refractivity contribution in [1.82, 2.24) is 0 Å². The van der Waals surface area contributed by atoms with Crippen molar-refractivity contribution < 1.29 is 15.3 Å². The van der Waals surface area contributed by atoms with Crippen LogP contribution in [-0.2, 0) is 0 Å². The van der Waals surface area contributed by atoms with Gasteiger partial charge in [0.15, 0.2) is 0 Å². The first-order chi connectivity index (χ1) is 10.0. The molecule has 5 N–H and O–H groups in total. The van der Waals surface area contributed by atoms with Crippen molar-refractivity contribution in [3.8, 4) is 0 Å². The van der Waals surface area contributed by atoms with Gasteiger partial charge >= 0.3 is 0 Å². The summed E-state index contributed by atoms with van der Waals surface area (Å²) in [5, 5.41) is 30.0. The van der Waals surface area contributed by atoms with Crippen LogP contribution in [0.5, 0.6) is 0 Å². The van der Waals surface area contributed by atoms with Crippen molar-refractivity contribution in [3.63, 3.8) is 0 Å². The van der Waals surface area contributed by atoms with E-state index in [4.69, 9.17) is 5.73 Å². The largest absolute Gasteiger partial charge is 0.389 e. The van der Waals surface area contributed by atoms with Crippen LogP contribution in [0.4, 0.5) is 0 Å². The summed E-state index contributed by atoms with van der Waals surface area (Å²) in [5.41, 5.74) is 6.19. The number of aliphatic hydroxyl groups excluding tert-OH is 2. The molecule has 2 rings (SSSR count). The van der Waals surface area contributed by atoms with Crippen molar-refractivity contribution in [3.05, 3.63) is 41.5 Å². The van der Waals surface area contributed by atoms with Crippen LogP contribution < -0.4 is 5.73 Å². The molecule has 1 aromatic rings. The van der Waals surface area contributed by atoms with Gasteiger partial charge < -0.3 is 21.1 Å². The molecule has 1 fully saturated rings. The molecular weight excluding hydrogens is 266 g/mol. The van der Waals surface area contributed by atoms with Gasteiger partial charge in [-0.1, -0.05) is 49.6 Å². The molecule has 0 heterocycles. The van der Waals surface area contributed by atoms with Gasteiger partial charge in [0, 0.05) is 6.54 Å². The van der Waals surface area contributed by atoms with E-state index in [0.29, 0.717) is 5.56 Å². The second-order valence-corrected chi connectivity index (χ2v) is 5.92. The Morgan fingerprint density at radius 2 is 1.90 bits per heavy atom. The Hall–Kier alpha value is -1.20. The summed E-state index contributed by atoms with van der Waals surface area (Å²) < 4.78 is 0. The molecule has 0 radical (unpaired) electrons. The van der Waals surface area contributed by atoms with Gasteiger partial charge in [-0.3, -0.25) is 0 Å². The van der Waals surface area contributed by atoms with Crippen molar-refractivity contribution in [2.24, 2.45) is 5.73 Å². The maximum Gasteiger partial charge on any atom is 0.106 e. The maximum absolute atomic E-state index is 10.4. The second-order valence-electron chi connectivity index (χ2n) is 5.92. The van der Waals surface area contributed by atoms with Crippen molar-refractivity contribution in [2.75, 3.05) is 6.54 Å². The van der Waals surface area contributed by atoms with Crippen LogP contribution in [0.15, 0.2) is 30.3 Å². The van der Waals surface area contributed by atoms with Gasteiger partial charge in [-0.05, 0) is 30.0 Å². The van der Waals surface area contributed by atoms with E-state index in [-0.39, 0.29) is 6.54 Å². The molecule has 0 amide bonds. The summed E-state index contributed by atoms with van der Waals surface area (Å²) in [6, 6.07) is 7.31. The standard InChI is InChI=1S/C17H25NO3/c18-12-15(19)16(20)14-6-4-5-13(11-14)7-10-17(21)8-2-1-3-9-17/h4-7,10-11,15-16,19-21H,1-3,8-9,12,18H2/t15-,16-/m1/s1. The zero-order valence-corrected chi connectivity index (χ0v) is 12.3. The molecule has 1 aliphatic rings. The van der Waals surface area contributed by atoms with Crippen LogP contribution in [-0.4, -0.2) is 33.6 Å². The van der Waals surface area contributed by atoms with E-state index < -0.39 is 17.8 Å². The summed E-state index contributed by atoms with van der Waals surface area (Å²) in [5.74, 6) is 0. The average Bonchev–Trinajstić information content (AvgIpc) is 2.52. The van der Waals surface area contributed by atoms with Gasteiger partial charge in [0.1, 0.15) is 6.10 Å². The Morgan fingerprint density at radius 1 is 1.19 bits per heavy atom. The normalized spacial score (nSPS) is 21.3. The van der Waals surface area contributed by atoms with Crippen LogP contribution in [0, 0.1) is 0 Å². The van der Waals surface area contributed by atoms with Gasteiger partial charge in [0.25, 0.3) is 0 Å². The lowest BCUT2D eigenvalue weighted by atomic mass is 9.84. The Bertz CT molecular complexity index is 481. The highest BCUT2D eigenvalue weighted by molar-refractivity contribution is 5.52. The molecule has 4 nitrogen and oxygen atoms in total. The molecule has 21 heavy (non-hydrogen) atoms. The maximum atomic E-state index is 10.4. The third-order valence-corrected chi connectivity index (χ3v) is 4.16. The van der Waals surface area contributed by atoms with E-state index in [1.807, 2.05) is 30.4 Å². The third-order valence-electron chi connectivity index (χ3n) is 4.16. The van der Waals surface area contributed by atoms with E-state index in [0.717, 1.165) is 31.2 Å². The minimum atomic E-state index is -0.985. The zero-order valence-electron chi connectivity index (χ0n) is 12.3. The number of nitrogens with two attached hydrogens (primary N) is 1. The Balaban J connectivity index is 2.10. The summed E-state index contributed by atoms with van der Waals surface area (Å²) in [4.78, 5) is 0. The lowest BCUT2D eigenvalue weighted by Crippen LogP contribution is -2.28. The number of rotatable bonds is 5. The molecule has 0 saturated heterocycles. The summed E-state index contributed by atoms with van der Waals surface area (Å²) >= 11 is 0. The molecule has 0 aliphatic heterocycles. The van der Waals surface area contributed by atoms with Crippen molar-refractivity contribution >= 4 is 6.08 Å². The number of hydrogen-bond donors (Lipinski definition) is 4. The minimum Gasteiger partial charge on any atom is -0.389 e. The smallest absolute Gasteiger partial charge is 0.106 e. The highest BCUT2D eigenvalue weighted by Crippen LogP contribution is 2.30. The van der Waals surface area contributed by atoms with Crippen LogP contribution >= 0.6 is 0 Å². The zero-order chi connectivity index (χ0) is 15.3. The van der Waals surface area contributed by atoms with Gasteiger partial charge in [-0.2, -0.15) is 0 Å². The number of aliphatic hydroxyl groups is 3. The molecule has 2 atom stereocenters. The molecule has 1 saturated carbocycles. The Labute approximate surface area is 125 Å². The molecule has 0 unspecified atom stereocenters. The van der Waals surface area contributed by atoms with Crippen LogP contribution in [0.3, 0.4) is 0 Å². The summed E-state index contributed by atoms with van der Waals surface area (Å²) in [6.45, 7) is 0.0149. The molecule has 0 spiro atoms. The first-order valence-electron chi connectivity index (χ1n) is 7.62. The highest BCUT2D eigenvalue weighted by Gasteiger charge is 2.25. The van der Waals surface area contributed by atoms with Gasteiger partial charge in [0.05, 0.1) is 11.7 Å². The summed E-state index contributed by atoms with van der Waals surface area (Å²) in [7, 11) is 0. The molecular formula is C17H25NO3. The van der Waals surface area contributed by atoms with Gasteiger partial charge in [-0.25, -0.2) is 0 Å². The predicted molar refractivity (Wildman–Crippen MR) is 83.5 cm³/mol. The highest BCUT2D eigenvalue weighted by atomic mass is 16.3. The van der Waals surface area contributed by atoms with Crippen molar-refractivity contribution in [2.45, 2.75) is 49.9 Å². The average molecular weight is 291 g/mol. The van der Waals surface area contributed by atoms with E-state index in [1.54, 1.807) is 6.07 Å². The van der Waals surface area contributed by atoms with E-state index in [9.17, 15) is 15.3 Å². The fourth-order valence-corrected chi connectivity index (χ4v) is 2.78. The lowest BCUT2D eigenvalue weighted by Gasteiger charge is -2.28. The Morgan fingerprint density at radius 3 is 2.57 bits per heavy atom. The lowest BCUT2D eigenvalue weighted by molar-refractivity contribution is 0.0243. The minimum absolute atomic E-state index is 0.0149. The third kappa shape index (κ3) is 4.38. The first kappa shape index (κ1) is 16.2. The van der Waals surface area contributed by atoms with Crippen LogP contribution in [0.2, 0.25) is 0 Å². The topological polar surface area (TPSA) is 86.7 Å². The quantitative estimate of drug-likeness (QED) is 0.665. The Kier molecular flexibility index (Phi) is 5.53.